The third-order valence-corrected chi connectivity index (χ3v) is 5.32. The highest BCUT2D eigenvalue weighted by atomic mass is 79.9. The molecule has 3 aromatic rings. The summed E-state index contributed by atoms with van der Waals surface area (Å²) in [5, 5.41) is 18.7. The van der Waals surface area contributed by atoms with Gasteiger partial charge in [-0.1, -0.05) is 40.9 Å². The van der Waals surface area contributed by atoms with Crippen LogP contribution in [0, 0.1) is 10.1 Å². The molecule has 0 saturated carbocycles. The van der Waals surface area contributed by atoms with Gasteiger partial charge in [0, 0.05) is 17.8 Å². The molecule has 7 nitrogen and oxygen atoms in total. The highest BCUT2D eigenvalue weighted by Gasteiger charge is 2.18. The van der Waals surface area contributed by atoms with Crippen LogP contribution >= 0.6 is 50.7 Å². The molecule has 1 aromatic heterocycles. The molecule has 0 aliphatic carbocycles. The van der Waals surface area contributed by atoms with E-state index in [9.17, 15) is 14.9 Å². The summed E-state index contributed by atoms with van der Waals surface area (Å²) in [7, 11) is 0. The number of halogens is 4. The van der Waals surface area contributed by atoms with E-state index in [0.717, 1.165) is 11.6 Å². The lowest BCUT2D eigenvalue weighted by Gasteiger charge is -2.05. The van der Waals surface area contributed by atoms with Crippen molar-refractivity contribution in [2.75, 3.05) is 5.32 Å². The van der Waals surface area contributed by atoms with Crippen molar-refractivity contribution in [3.05, 3.63) is 83.4 Å². The second-order valence-electron chi connectivity index (χ2n) is 5.65. The van der Waals surface area contributed by atoms with Crippen molar-refractivity contribution in [2.45, 2.75) is 6.54 Å². The maximum atomic E-state index is 12.4. The number of nitro groups is 1. The van der Waals surface area contributed by atoms with Crippen LogP contribution in [0.1, 0.15) is 15.9 Å². The second kappa shape index (κ2) is 8.48. The van der Waals surface area contributed by atoms with E-state index in [2.05, 4.69) is 26.3 Å². The van der Waals surface area contributed by atoms with Crippen LogP contribution in [0.5, 0.6) is 0 Å². The Bertz CT molecular complexity index is 1090. The zero-order chi connectivity index (χ0) is 20.4. The third-order valence-electron chi connectivity index (χ3n) is 3.68. The van der Waals surface area contributed by atoms with Crippen molar-refractivity contribution in [2.24, 2.45) is 0 Å². The molecule has 3 rings (SSSR count). The van der Waals surface area contributed by atoms with Crippen molar-refractivity contribution in [1.82, 2.24) is 9.78 Å². The van der Waals surface area contributed by atoms with Gasteiger partial charge >= 0.3 is 0 Å². The quantitative estimate of drug-likeness (QED) is 0.351. The van der Waals surface area contributed by atoms with Gasteiger partial charge in [-0.2, -0.15) is 5.10 Å². The summed E-state index contributed by atoms with van der Waals surface area (Å²) in [6.07, 6.45) is 1.68. The predicted octanol–water partition coefficient (Wildman–Crippen LogP) is 5.81. The predicted molar refractivity (Wildman–Crippen MR) is 112 cm³/mol. The van der Waals surface area contributed by atoms with E-state index in [4.69, 9.17) is 34.8 Å². The Labute approximate surface area is 182 Å². The van der Waals surface area contributed by atoms with Gasteiger partial charge in [-0.25, -0.2) is 0 Å². The number of anilines is 1. The Morgan fingerprint density at radius 3 is 2.54 bits per heavy atom. The number of carbonyl (C=O) groups is 1. The van der Waals surface area contributed by atoms with Gasteiger partial charge in [0.1, 0.15) is 5.02 Å². The van der Waals surface area contributed by atoms with Gasteiger partial charge in [0.2, 0.25) is 0 Å². The van der Waals surface area contributed by atoms with Crippen LogP contribution in [0.2, 0.25) is 15.1 Å². The van der Waals surface area contributed by atoms with Crippen LogP contribution in [0.3, 0.4) is 0 Å². The molecule has 1 N–H and O–H groups in total. The Morgan fingerprint density at radius 2 is 1.86 bits per heavy atom. The van der Waals surface area contributed by atoms with Gasteiger partial charge in [0.25, 0.3) is 11.6 Å². The molecular weight excluding hydrogens is 494 g/mol. The monoisotopic (exact) mass is 502 g/mol. The average molecular weight is 505 g/mol. The van der Waals surface area contributed by atoms with E-state index < -0.39 is 10.8 Å². The molecular formula is C17H10BrCl3N4O3. The number of rotatable bonds is 5. The number of nitro benzene ring substituents is 1. The molecule has 11 heteroatoms. The van der Waals surface area contributed by atoms with Gasteiger partial charge in [-0.15, -0.1) is 0 Å². The van der Waals surface area contributed by atoms with Crippen molar-refractivity contribution in [1.29, 1.82) is 0 Å². The Kier molecular flexibility index (Phi) is 6.24. The number of benzene rings is 2. The molecule has 0 fully saturated rings. The first-order valence-electron chi connectivity index (χ1n) is 7.67. The fourth-order valence-corrected chi connectivity index (χ4v) is 3.28. The van der Waals surface area contributed by atoms with Crippen LogP contribution in [0.15, 0.2) is 47.1 Å². The van der Waals surface area contributed by atoms with E-state index in [1.807, 2.05) is 6.07 Å². The van der Waals surface area contributed by atoms with E-state index in [1.165, 1.54) is 12.1 Å². The molecule has 0 aliphatic rings. The normalized spacial score (nSPS) is 10.7. The van der Waals surface area contributed by atoms with Gasteiger partial charge in [0.05, 0.1) is 26.0 Å². The van der Waals surface area contributed by atoms with Crippen molar-refractivity contribution in [3.63, 3.8) is 0 Å². The maximum absolute atomic E-state index is 12.4. The molecule has 28 heavy (non-hydrogen) atoms. The first-order chi connectivity index (χ1) is 13.2. The molecule has 0 saturated heterocycles. The molecule has 0 radical (unpaired) electrons. The van der Waals surface area contributed by atoms with E-state index >= 15 is 0 Å². The number of hydrogen-bond acceptors (Lipinski definition) is 4. The molecule has 144 valence electrons. The summed E-state index contributed by atoms with van der Waals surface area (Å²) < 4.78 is 2.15. The minimum absolute atomic E-state index is 0.0476. The molecule has 1 amide bonds. The zero-order valence-corrected chi connectivity index (χ0v) is 17.7. The van der Waals surface area contributed by atoms with Crippen LogP contribution in [-0.4, -0.2) is 20.6 Å². The fourth-order valence-electron chi connectivity index (χ4n) is 2.36. The summed E-state index contributed by atoms with van der Waals surface area (Å²) in [6, 6.07) is 9.03. The van der Waals surface area contributed by atoms with E-state index in [1.54, 1.807) is 23.0 Å². The molecule has 1 heterocycles. The summed E-state index contributed by atoms with van der Waals surface area (Å²) in [5.41, 5.74) is 0.608. The molecule has 0 unspecified atom stereocenters. The van der Waals surface area contributed by atoms with Gasteiger partial charge < -0.3 is 5.32 Å². The third kappa shape index (κ3) is 4.64. The number of carbonyl (C=O) groups excluding carboxylic acids is 1. The van der Waals surface area contributed by atoms with Crippen LogP contribution < -0.4 is 5.32 Å². The zero-order valence-electron chi connectivity index (χ0n) is 13.8. The minimum atomic E-state index is -0.652. The maximum Gasteiger partial charge on any atom is 0.288 e. The number of nitrogens with zero attached hydrogens (tertiary/aromatic N) is 3. The van der Waals surface area contributed by atoms with E-state index in [0.29, 0.717) is 21.1 Å². The number of amides is 1. The summed E-state index contributed by atoms with van der Waals surface area (Å²) >= 11 is 21.0. The van der Waals surface area contributed by atoms with Crippen molar-refractivity contribution >= 4 is 68.1 Å². The fraction of sp³-hybridized carbons (Fsp3) is 0.0588. The highest BCUT2D eigenvalue weighted by Crippen LogP contribution is 2.27. The smallest absolute Gasteiger partial charge is 0.288 e. The Balaban J connectivity index is 1.78. The largest absolute Gasteiger partial charge is 0.304 e. The molecule has 0 spiro atoms. The van der Waals surface area contributed by atoms with Crippen molar-refractivity contribution in [3.8, 4) is 0 Å². The summed E-state index contributed by atoms with van der Waals surface area (Å²) in [4.78, 5) is 22.8. The highest BCUT2D eigenvalue weighted by molar-refractivity contribution is 9.10. The lowest BCUT2D eigenvalue weighted by Crippen LogP contribution is -2.13. The summed E-state index contributed by atoms with van der Waals surface area (Å²) in [5.74, 6) is -0.289. The van der Waals surface area contributed by atoms with Crippen molar-refractivity contribution < 1.29 is 9.72 Å². The van der Waals surface area contributed by atoms with Crippen LogP contribution in [0.4, 0.5) is 11.5 Å². The Morgan fingerprint density at radius 1 is 1.14 bits per heavy atom. The average Bonchev–Trinajstić information content (AvgIpc) is 2.97. The SMILES string of the molecule is O=C(Nc1nn(Cc2ccc(Cl)c(Cl)c2)cc1Br)c1ccc(Cl)c([N+](=O)[O-])c1. The second-order valence-corrected chi connectivity index (χ2v) is 7.73. The number of hydrogen-bond donors (Lipinski definition) is 1. The first kappa shape index (κ1) is 20.6. The van der Waals surface area contributed by atoms with Gasteiger partial charge in [0.15, 0.2) is 5.82 Å². The molecule has 0 atom stereocenters. The van der Waals surface area contributed by atoms with Crippen LogP contribution in [0.25, 0.3) is 0 Å². The topological polar surface area (TPSA) is 90.1 Å². The standard InChI is InChI=1S/C17H10BrCl3N4O3/c18-11-8-24(7-9-1-3-12(19)14(21)5-9)23-16(11)22-17(26)10-2-4-13(20)15(6-10)25(27)28/h1-6,8H,7H2,(H,22,23,26). The van der Waals surface area contributed by atoms with Crippen LogP contribution in [-0.2, 0) is 6.54 Å². The first-order valence-corrected chi connectivity index (χ1v) is 9.59. The van der Waals surface area contributed by atoms with Gasteiger partial charge in [-0.3, -0.25) is 19.6 Å². The lowest BCUT2D eigenvalue weighted by atomic mass is 10.2. The molecule has 0 bridgehead atoms. The minimum Gasteiger partial charge on any atom is -0.304 e. The summed E-state index contributed by atoms with van der Waals surface area (Å²) in [6.45, 7) is 0.401. The number of aromatic nitrogens is 2. The molecule has 2 aromatic carbocycles. The Hall–Kier alpha value is -2.13. The number of nitrogens with one attached hydrogen (secondary N) is 1. The van der Waals surface area contributed by atoms with E-state index in [-0.39, 0.29) is 22.1 Å². The lowest BCUT2D eigenvalue weighted by molar-refractivity contribution is -0.384. The van der Waals surface area contributed by atoms with Gasteiger partial charge in [-0.05, 0) is 45.8 Å². The molecule has 0 aliphatic heterocycles.